The Bertz CT molecular complexity index is 817. The summed E-state index contributed by atoms with van der Waals surface area (Å²) in [6, 6.07) is 10.1. The van der Waals surface area contributed by atoms with E-state index < -0.39 is 22.3 Å². The molecule has 0 aliphatic heterocycles. The van der Waals surface area contributed by atoms with Crippen molar-refractivity contribution >= 4 is 50.5 Å². The van der Waals surface area contributed by atoms with Gasteiger partial charge in [-0.05, 0) is 48.6 Å². The zero-order chi connectivity index (χ0) is 18.4. The maximum atomic E-state index is 13.3. The lowest BCUT2D eigenvalue weighted by molar-refractivity contribution is -0.387. The highest BCUT2D eigenvalue weighted by Gasteiger charge is 2.15. The van der Waals surface area contributed by atoms with Crippen molar-refractivity contribution in [1.82, 2.24) is 5.32 Å². The van der Waals surface area contributed by atoms with Crippen molar-refractivity contribution in [3.63, 3.8) is 0 Å². The van der Waals surface area contributed by atoms with Crippen LogP contribution < -0.4 is 15.4 Å². The maximum Gasteiger partial charge on any atom is 0.306 e. The van der Waals surface area contributed by atoms with Crippen LogP contribution in [0.5, 0.6) is 5.75 Å². The van der Waals surface area contributed by atoms with E-state index in [2.05, 4.69) is 26.6 Å². The van der Waals surface area contributed by atoms with Crippen molar-refractivity contribution in [2.75, 3.05) is 11.9 Å². The molecule has 0 unspecified atom stereocenters. The molecule has 0 fully saturated rings. The highest BCUT2D eigenvalue weighted by Crippen LogP contribution is 2.21. The predicted molar refractivity (Wildman–Crippen MR) is 97.1 cm³/mol. The van der Waals surface area contributed by atoms with Crippen LogP contribution in [0.15, 0.2) is 46.9 Å². The minimum Gasteiger partial charge on any atom is -0.484 e. The molecular weight excluding hydrogens is 417 g/mol. The molecule has 7 nitrogen and oxygen atoms in total. The molecule has 2 rings (SSSR count). The SMILES string of the molecule is O=C(COc1ccc(Br)cc1)NC(=S)Nc1ccc(F)c([N+](=O)[O-])c1. The smallest absolute Gasteiger partial charge is 0.306 e. The summed E-state index contributed by atoms with van der Waals surface area (Å²) in [5.41, 5.74) is -0.523. The molecule has 0 radical (unpaired) electrons. The lowest BCUT2D eigenvalue weighted by atomic mass is 10.2. The lowest BCUT2D eigenvalue weighted by Gasteiger charge is -2.10. The first-order valence-electron chi connectivity index (χ1n) is 6.78. The molecule has 0 bridgehead atoms. The fourth-order valence-corrected chi connectivity index (χ4v) is 2.23. The highest BCUT2D eigenvalue weighted by molar-refractivity contribution is 9.10. The molecule has 1 amide bonds. The Balaban J connectivity index is 1.87. The number of benzene rings is 2. The molecule has 0 spiro atoms. The Labute approximate surface area is 155 Å². The molecule has 2 aromatic carbocycles. The number of anilines is 1. The fourth-order valence-electron chi connectivity index (χ4n) is 1.74. The molecule has 0 atom stereocenters. The largest absolute Gasteiger partial charge is 0.484 e. The first-order chi connectivity index (χ1) is 11.8. The Morgan fingerprint density at radius 2 is 1.96 bits per heavy atom. The van der Waals surface area contributed by atoms with Gasteiger partial charge in [0, 0.05) is 16.2 Å². The van der Waals surface area contributed by atoms with Gasteiger partial charge in [0.1, 0.15) is 5.75 Å². The van der Waals surface area contributed by atoms with Crippen molar-refractivity contribution in [3.8, 4) is 5.75 Å². The van der Waals surface area contributed by atoms with Gasteiger partial charge in [0.15, 0.2) is 11.7 Å². The van der Waals surface area contributed by atoms with Gasteiger partial charge >= 0.3 is 5.69 Å². The van der Waals surface area contributed by atoms with Gasteiger partial charge in [-0.2, -0.15) is 4.39 Å². The molecule has 2 aromatic rings. The van der Waals surface area contributed by atoms with Gasteiger partial charge in [-0.15, -0.1) is 0 Å². The number of nitro groups is 1. The molecule has 0 saturated heterocycles. The van der Waals surface area contributed by atoms with Gasteiger partial charge in [-0.25, -0.2) is 0 Å². The van der Waals surface area contributed by atoms with Gasteiger partial charge in [-0.1, -0.05) is 15.9 Å². The highest BCUT2D eigenvalue weighted by atomic mass is 79.9. The van der Waals surface area contributed by atoms with E-state index in [-0.39, 0.29) is 17.4 Å². The third-order valence-corrected chi connectivity index (χ3v) is 3.57. The minimum absolute atomic E-state index is 0.0923. The van der Waals surface area contributed by atoms with Crippen LogP contribution in [0.25, 0.3) is 0 Å². The van der Waals surface area contributed by atoms with Crippen molar-refractivity contribution in [1.29, 1.82) is 0 Å². The number of nitro benzene ring substituents is 1. The second kappa shape index (κ2) is 8.49. The number of carbonyl (C=O) groups is 1. The zero-order valence-electron chi connectivity index (χ0n) is 12.5. The van der Waals surface area contributed by atoms with E-state index in [4.69, 9.17) is 17.0 Å². The van der Waals surface area contributed by atoms with Crippen LogP contribution in [-0.4, -0.2) is 22.5 Å². The molecule has 130 valence electrons. The van der Waals surface area contributed by atoms with E-state index in [9.17, 15) is 19.3 Å². The van der Waals surface area contributed by atoms with E-state index in [1.165, 1.54) is 6.07 Å². The van der Waals surface area contributed by atoms with Crippen molar-refractivity contribution < 1.29 is 18.8 Å². The Morgan fingerprint density at radius 1 is 1.28 bits per heavy atom. The zero-order valence-corrected chi connectivity index (χ0v) is 14.9. The number of hydrogen-bond acceptors (Lipinski definition) is 5. The van der Waals surface area contributed by atoms with Crippen LogP contribution in [0, 0.1) is 15.9 Å². The third-order valence-electron chi connectivity index (χ3n) is 2.84. The van der Waals surface area contributed by atoms with Crippen molar-refractivity contribution in [3.05, 3.63) is 62.9 Å². The van der Waals surface area contributed by atoms with Gasteiger partial charge < -0.3 is 10.1 Å². The minimum atomic E-state index is -0.964. The summed E-state index contributed by atoms with van der Waals surface area (Å²) >= 11 is 8.22. The van der Waals surface area contributed by atoms with Crippen molar-refractivity contribution in [2.45, 2.75) is 0 Å². The number of halogens is 2. The molecule has 10 heteroatoms. The summed E-state index contributed by atoms with van der Waals surface area (Å²) in [6.07, 6.45) is 0. The molecule has 0 saturated carbocycles. The maximum absolute atomic E-state index is 13.3. The molecule has 0 aromatic heterocycles. The standard InChI is InChI=1S/C15H11BrFN3O4S/c16-9-1-4-11(5-2-9)24-8-14(21)19-15(25)18-10-3-6-12(17)13(7-10)20(22)23/h1-7H,8H2,(H2,18,19,21,25). The summed E-state index contributed by atoms with van der Waals surface area (Å²) in [6.45, 7) is -0.271. The normalized spacial score (nSPS) is 10.0. The van der Waals surface area contributed by atoms with Gasteiger partial charge in [-0.3, -0.25) is 20.2 Å². The van der Waals surface area contributed by atoms with E-state index in [1.54, 1.807) is 24.3 Å². The third kappa shape index (κ3) is 5.76. The summed E-state index contributed by atoms with van der Waals surface area (Å²) in [7, 11) is 0. The van der Waals surface area contributed by atoms with Crippen LogP contribution in [-0.2, 0) is 4.79 Å². The second-order valence-corrected chi connectivity index (χ2v) is 5.99. The van der Waals surface area contributed by atoms with Crippen LogP contribution in [0.1, 0.15) is 0 Å². The number of hydrogen-bond donors (Lipinski definition) is 2. The fraction of sp³-hybridized carbons (Fsp3) is 0.0667. The average Bonchev–Trinajstić information content (AvgIpc) is 2.55. The van der Waals surface area contributed by atoms with Crippen LogP contribution in [0.2, 0.25) is 0 Å². The number of rotatable bonds is 5. The first kappa shape index (κ1) is 18.7. The summed E-state index contributed by atoms with van der Waals surface area (Å²) in [5, 5.41) is 15.5. The predicted octanol–water partition coefficient (Wildman–Crippen LogP) is 3.39. The quantitative estimate of drug-likeness (QED) is 0.431. The molecule has 0 heterocycles. The topological polar surface area (TPSA) is 93.5 Å². The van der Waals surface area contributed by atoms with Crippen LogP contribution in [0.4, 0.5) is 15.8 Å². The molecule has 0 aliphatic rings. The number of carbonyl (C=O) groups excluding carboxylic acids is 1. The van der Waals surface area contributed by atoms with Crippen LogP contribution >= 0.6 is 28.1 Å². The number of amides is 1. The van der Waals surface area contributed by atoms with Gasteiger partial charge in [0.05, 0.1) is 4.92 Å². The van der Waals surface area contributed by atoms with E-state index in [0.717, 1.165) is 16.6 Å². The van der Waals surface area contributed by atoms with Gasteiger partial charge in [0.2, 0.25) is 5.82 Å². The molecule has 25 heavy (non-hydrogen) atoms. The number of ether oxygens (including phenoxy) is 1. The van der Waals surface area contributed by atoms with E-state index in [1.807, 2.05) is 0 Å². The summed E-state index contributed by atoms with van der Waals surface area (Å²) in [5.74, 6) is -0.975. The average molecular weight is 428 g/mol. The monoisotopic (exact) mass is 427 g/mol. The van der Waals surface area contributed by atoms with E-state index in [0.29, 0.717) is 5.75 Å². The summed E-state index contributed by atoms with van der Waals surface area (Å²) < 4.78 is 19.4. The van der Waals surface area contributed by atoms with E-state index >= 15 is 0 Å². The Kier molecular flexibility index (Phi) is 6.37. The van der Waals surface area contributed by atoms with Crippen molar-refractivity contribution in [2.24, 2.45) is 0 Å². The first-order valence-corrected chi connectivity index (χ1v) is 7.98. The molecular formula is C15H11BrFN3O4S. The molecule has 0 aliphatic carbocycles. The lowest BCUT2D eigenvalue weighted by Crippen LogP contribution is -2.37. The Morgan fingerprint density at radius 3 is 2.60 bits per heavy atom. The number of nitrogens with zero attached hydrogens (tertiary/aromatic N) is 1. The number of thiocarbonyl (C=S) groups is 1. The molecule has 2 N–H and O–H groups in total. The number of nitrogens with one attached hydrogen (secondary N) is 2. The second-order valence-electron chi connectivity index (χ2n) is 4.67. The summed E-state index contributed by atoms with van der Waals surface area (Å²) in [4.78, 5) is 21.6. The Hall–Kier alpha value is -2.59. The van der Waals surface area contributed by atoms with Crippen LogP contribution in [0.3, 0.4) is 0 Å². The van der Waals surface area contributed by atoms with Gasteiger partial charge in [0.25, 0.3) is 5.91 Å².